The molecule has 1 atom stereocenters. The van der Waals surface area contributed by atoms with Crippen molar-refractivity contribution in [1.29, 1.82) is 0 Å². The smallest absolute Gasteiger partial charge is 0.229 e. The Hall–Kier alpha value is -1.69. The summed E-state index contributed by atoms with van der Waals surface area (Å²) in [7, 11) is 0. The number of hydrogen-bond donors (Lipinski definition) is 0. The van der Waals surface area contributed by atoms with Gasteiger partial charge in [0.2, 0.25) is 5.89 Å². The lowest BCUT2D eigenvalue weighted by molar-refractivity contribution is 0.117. The zero-order chi connectivity index (χ0) is 14.1. The van der Waals surface area contributed by atoms with Crippen molar-refractivity contribution in [3.63, 3.8) is 0 Å². The van der Waals surface area contributed by atoms with Crippen molar-refractivity contribution in [3.8, 4) is 0 Å². The van der Waals surface area contributed by atoms with Crippen molar-refractivity contribution in [2.75, 3.05) is 6.54 Å². The number of rotatable bonds is 5. The largest absolute Gasteiger partial charge is 0.339 e. The summed E-state index contributed by atoms with van der Waals surface area (Å²) in [6.07, 6.45) is 10.0. The summed E-state index contributed by atoms with van der Waals surface area (Å²) in [5.74, 6) is 2.21. The second-order valence-corrected chi connectivity index (χ2v) is 6.17. The Bertz CT molecular complexity index is 575. The van der Waals surface area contributed by atoms with Gasteiger partial charge < -0.3 is 4.52 Å². The average Bonchev–Trinajstić information content (AvgIpc) is 3.03. The van der Waals surface area contributed by atoms with Crippen molar-refractivity contribution >= 4 is 0 Å². The molecule has 0 bridgehead atoms. The molecular formula is C15H21N5O. The molecule has 21 heavy (non-hydrogen) atoms. The molecule has 6 heteroatoms. The van der Waals surface area contributed by atoms with Crippen molar-refractivity contribution in [3.05, 3.63) is 30.2 Å². The molecule has 0 amide bonds. The van der Waals surface area contributed by atoms with Gasteiger partial charge >= 0.3 is 0 Å². The fraction of sp³-hybridized carbons (Fsp3) is 0.667. The third-order valence-electron chi connectivity index (χ3n) is 4.46. The number of hydrogen-bond acceptors (Lipinski definition) is 5. The molecule has 2 aromatic heterocycles. The maximum atomic E-state index is 5.37. The highest BCUT2D eigenvalue weighted by Gasteiger charge is 2.30. The molecule has 3 heterocycles. The van der Waals surface area contributed by atoms with Gasteiger partial charge in [-0.1, -0.05) is 11.6 Å². The van der Waals surface area contributed by atoms with E-state index in [1.807, 2.05) is 23.1 Å². The number of aromatic nitrogens is 4. The first-order chi connectivity index (χ1) is 10.4. The van der Waals surface area contributed by atoms with Gasteiger partial charge in [-0.3, -0.25) is 9.58 Å². The van der Waals surface area contributed by atoms with Gasteiger partial charge in [-0.2, -0.15) is 10.1 Å². The van der Waals surface area contributed by atoms with Crippen LogP contribution in [0.5, 0.6) is 0 Å². The normalized spacial score (nSPS) is 23.5. The van der Waals surface area contributed by atoms with E-state index in [1.54, 1.807) is 0 Å². The predicted molar refractivity (Wildman–Crippen MR) is 76.5 cm³/mol. The molecule has 2 fully saturated rings. The first-order valence-electron chi connectivity index (χ1n) is 7.92. The van der Waals surface area contributed by atoms with E-state index in [0.717, 1.165) is 31.3 Å². The second kappa shape index (κ2) is 5.60. The Morgan fingerprint density at radius 3 is 3.00 bits per heavy atom. The van der Waals surface area contributed by atoms with Crippen molar-refractivity contribution in [1.82, 2.24) is 24.8 Å². The monoisotopic (exact) mass is 287 g/mol. The Morgan fingerprint density at radius 1 is 1.24 bits per heavy atom. The van der Waals surface area contributed by atoms with E-state index in [0.29, 0.717) is 12.0 Å². The fourth-order valence-corrected chi connectivity index (χ4v) is 3.11. The van der Waals surface area contributed by atoms with Crippen LogP contribution in [0.25, 0.3) is 0 Å². The number of likely N-dealkylation sites (tertiary alicyclic amines) is 1. The molecule has 1 saturated carbocycles. The summed E-state index contributed by atoms with van der Waals surface area (Å²) >= 11 is 0. The molecule has 2 aliphatic rings. The minimum atomic E-state index is 0.515. The average molecular weight is 287 g/mol. The van der Waals surface area contributed by atoms with Crippen molar-refractivity contribution < 1.29 is 4.52 Å². The molecule has 0 spiro atoms. The SMILES string of the molecule is c1cnn(C[C@H]2CCCCN2Cc2noc(C3CC3)n2)c1. The lowest BCUT2D eigenvalue weighted by Gasteiger charge is -2.34. The van der Waals surface area contributed by atoms with E-state index < -0.39 is 0 Å². The summed E-state index contributed by atoms with van der Waals surface area (Å²) in [6.45, 7) is 2.85. The van der Waals surface area contributed by atoms with E-state index in [4.69, 9.17) is 4.52 Å². The van der Waals surface area contributed by atoms with Gasteiger partial charge in [0.05, 0.1) is 13.1 Å². The summed E-state index contributed by atoms with van der Waals surface area (Å²) in [6, 6.07) is 2.50. The quantitative estimate of drug-likeness (QED) is 0.843. The Balaban J connectivity index is 1.42. The Labute approximate surface area is 124 Å². The zero-order valence-electron chi connectivity index (χ0n) is 12.2. The molecule has 4 rings (SSSR count). The van der Waals surface area contributed by atoms with Crippen molar-refractivity contribution in [2.45, 2.75) is 57.2 Å². The standard InChI is InChI=1S/C15H21N5O/c1-2-8-19(13(4-1)10-20-9-3-7-16-20)11-14-17-15(21-18-14)12-5-6-12/h3,7,9,12-13H,1-2,4-6,8,10-11H2/t13-/m1/s1. The summed E-state index contributed by atoms with van der Waals surface area (Å²) in [5.41, 5.74) is 0. The van der Waals surface area contributed by atoms with Gasteiger partial charge in [0, 0.05) is 24.4 Å². The van der Waals surface area contributed by atoms with Crippen LogP contribution in [-0.2, 0) is 13.1 Å². The number of piperidine rings is 1. The Morgan fingerprint density at radius 2 is 2.19 bits per heavy atom. The summed E-state index contributed by atoms with van der Waals surface area (Å²) in [4.78, 5) is 7.03. The van der Waals surface area contributed by atoms with Gasteiger partial charge in [0.15, 0.2) is 5.82 Å². The first-order valence-corrected chi connectivity index (χ1v) is 7.92. The van der Waals surface area contributed by atoms with Gasteiger partial charge in [0.25, 0.3) is 0 Å². The van der Waals surface area contributed by atoms with Gasteiger partial charge in [-0.25, -0.2) is 0 Å². The van der Waals surface area contributed by atoms with Crippen LogP contribution in [-0.4, -0.2) is 37.4 Å². The number of nitrogens with zero attached hydrogens (tertiary/aromatic N) is 5. The topological polar surface area (TPSA) is 60.0 Å². The van der Waals surface area contributed by atoms with E-state index in [1.165, 1.54) is 32.1 Å². The van der Waals surface area contributed by atoms with Crippen LogP contribution >= 0.6 is 0 Å². The van der Waals surface area contributed by atoms with Crippen LogP contribution in [0.15, 0.2) is 23.0 Å². The van der Waals surface area contributed by atoms with Crippen LogP contribution in [0, 0.1) is 0 Å². The molecular weight excluding hydrogens is 266 g/mol. The molecule has 1 saturated heterocycles. The predicted octanol–water partition coefficient (Wildman–Crippen LogP) is 2.20. The molecule has 0 radical (unpaired) electrons. The van der Waals surface area contributed by atoms with E-state index in [-0.39, 0.29) is 0 Å². The molecule has 1 aliphatic carbocycles. The Kier molecular flexibility index (Phi) is 3.47. The molecule has 0 unspecified atom stereocenters. The van der Waals surface area contributed by atoms with Crippen LogP contribution in [0.1, 0.15) is 49.7 Å². The zero-order valence-corrected chi connectivity index (χ0v) is 12.2. The van der Waals surface area contributed by atoms with Crippen LogP contribution in [0.4, 0.5) is 0 Å². The maximum absolute atomic E-state index is 5.37. The molecule has 2 aromatic rings. The summed E-state index contributed by atoms with van der Waals surface area (Å²) < 4.78 is 7.39. The van der Waals surface area contributed by atoms with E-state index in [9.17, 15) is 0 Å². The van der Waals surface area contributed by atoms with Crippen LogP contribution in [0.2, 0.25) is 0 Å². The molecule has 0 N–H and O–H groups in total. The molecule has 112 valence electrons. The highest BCUT2D eigenvalue weighted by atomic mass is 16.5. The third-order valence-corrected chi connectivity index (χ3v) is 4.46. The van der Waals surface area contributed by atoms with Gasteiger partial charge in [-0.15, -0.1) is 0 Å². The lowest BCUT2D eigenvalue weighted by Crippen LogP contribution is -2.41. The summed E-state index contributed by atoms with van der Waals surface area (Å²) in [5, 5.41) is 8.48. The van der Waals surface area contributed by atoms with Crippen molar-refractivity contribution in [2.24, 2.45) is 0 Å². The van der Waals surface area contributed by atoms with E-state index in [2.05, 4.69) is 20.1 Å². The fourth-order valence-electron chi connectivity index (χ4n) is 3.11. The minimum Gasteiger partial charge on any atom is -0.339 e. The first kappa shape index (κ1) is 13.0. The van der Waals surface area contributed by atoms with E-state index >= 15 is 0 Å². The lowest BCUT2D eigenvalue weighted by atomic mass is 10.0. The van der Waals surface area contributed by atoms with Crippen LogP contribution in [0.3, 0.4) is 0 Å². The molecule has 0 aromatic carbocycles. The second-order valence-electron chi connectivity index (χ2n) is 6.17. The van der Waals surface area contributed by atoms with Gasteiger partial charge in [0.1, 0.15) is 0 Å². The third kappa shape index (κ3) is 3.00. The van der Waals surface area contributed by atoms with Crippen LogP contribution < -0.4 is 0 Å². The highest BCUT2D eigenvalue weighted by Crippen LogP contribution is 2.38. The minimum absolute atomic E-state index is 0.515. The van der Waals surface area contributed by atoms with Gasteiger partial charge in [-0.05, 0) is 38.3 Å². The molecule has 1 aliphatic heterocycles. The maximum Gasteiger partial charge on any atom is 0.229 e. The molecule has 6 nitrogen and oxygen atoms in total. The highest BCUT2D eigenvalue weighted by molar-refractivity contribution is 5.02.